The van der Waals surface area contributed by atoms with Crippen LogP contribution in [0.15, 0.2) is 35.3 Å². The van der Waals surface area contributed by atoms with E-state index in [4.69, 9.17) is 0 Å². The van der Waals surface area contributed by atoms with Gasteiger partial charge in [-0.15, -0.1) is 24.0 Å². The van der Waals surface area contributed by atoms with Crippen LogP contribution in [0.1, 0.15) is 25.3 Å². The maximum atomic E-state index is 4.55. The first-order chi connectivity index (χ1) is 13.2. The average molecular weight is 499 g/mol. The number of nitrogens with one attached hydrogen (secondary N) is 1. The van der Waals surface area contributed by atoms with E-state index in [1.807, 2.05) is 7.05 Å². The number of piperazine rings is 1. The monoisotopic (exact) mass is 499 g/mol. The zero-order chi connectivity index (χ0) is 19.1. The lowest BCUT2D eigenvalue weighted by Gasteiger charge is -2.38. The molecule has 28 heavy (non-hydrogen) atoms. The SMILES string of the molecule is CN=C(NCC(C)N1CCN(C)CC1)N1CCC(Cc2ccccc2)CC1.I. The second-order valence-electron chi connectivity index (χ2n) is 8.24. The first kappa shape index (κ1) is 23.4. The zero-order valence-corrected chi connectivity index (χ0v) is 20.1. The summed E-state index contributed by atoms with van der Waals surface area (Å²) in [5, 5.41) is 3.63. The Labute approximate surface area is 188 Å². The van der Waals surface area contributed by atoms with Gasteiger partial charge in [-0.05, 0) is 44.7 Å². The molecule has 1 N–H and O–H groups in total. The molecule has 0 radical (unpaired) electrons. The molecular formula is C22H38IN5. The van der Waals surface area contributed by atoms with E-state index >= 15 is 0 Å². The van der Waals surface area contributed by atoms with Crippen LogP contribution in [0.3, 0.4) is 0 Å². The van der Waals surface area contributed by atoms with Gasteiger partial charge in [0.1, 0.15) is 0 Å². The maximum absolute atomic E-state index is 4.55. The first-order valence-electron chi connectivity index (χ1n) is 10.6. The van der Waals surface area contributed by atoms with E-state index in [0.29, 0.717) is 6.04 Å². The molecule has 1 atom stereocenters. The van der Waals surface area contributed by atoms with Crippen LogP contribution in [0.5, 0.6) is 0 Å². The number of benzene rings is 1. The van der Waals surface area contributed by atoms with E-state index in [1.165, 1.54) is 51.0 Å². The Bertz CT molecular complexity index is 578. The molecule has 0 bridgehead atoms. The van der Waals surface area contributed by atoms with Gasteiger partial charge in [0.25, 0.3) is 0 Å². The van der Waals surface area contributed by atoms with E-state index < -0.39 is 0 Å². The Balaban J connectivity index is 0.00000280. The molecular weight excluding hydrogens is 461 g/mol. The third-order valence-corrected chi connectivity index (χ3v) is 6.21. The fraction of sp³-hybridized carbons (Fsp3) is 0.682. The normalized spacial score (nSPS) is 21.2. The summed E-state index contributed by atoms with van der Waals surface area (Å²) in [6.45, 7) is 10.2. The molecule has 1 unspecified atom stereocenters. The Morgan fingerprint density at radius 3 is 2.32 bits per heavy atom. The highest BCUT2D eigenvalue weighted by molar-refractivity contribution is 14.0. The number of hydrogen-bond acceptors (Lipinski definition) is 3. The van der Waals surface area contributed by atoms with Crippen molar-refractivity contribution in [3.63, 3.8) is 0 Å². The van der Waals surface area contributed by atoms with Crippen molar-refractivity contribution >= 4 is 29.9 Å². The molecule has 0 aromatic heterocycles. The minimum absolute atomic E-state index is 0. The maximum Gasteiger partial charge on any atom is 0.193 e. The Kier molecular flexibility index (Phi) is 10.0. The minimum Gasteiger partial charge on any atom is -0.355 e. The van der Waals surface area contributed by atoms with Crippen molar-refractivity contribution in [1.29, 1.82) is 0 Å². The second-order valence-corrected chi connectivity index (χ2v) is 8.24. The molecule has 2 saturated heterocycles. The van der Waals surface area contributed by atoms with Gasteiger partial charge >= 0.3 is 0 Å². The molecule has 1 aromatic carbocycles. The number of likely N-dealkylation sites (tertiary alicyclic amines) is 1. The van der Waals surface area contributed by atoms with Crippen molar-refractivity contribution in [2.45, 2.75) is 32.2 Å². The largest absolute Gasteiger partial charge is 0.355 e. The molecule has 5 nitrogen and oxygen atoms in total. The topological polar surface area (TPSA) is 34.1 Å². The van der Waals surface area contributed by atoms with Crippen LogP contribution in [-0.2, 0) is 6.42 Å². The van der Waals surface area contributed by atoms with Gasteiger partial charge < -0.3 is 15.1 Å². The number of guanidine groups is 1. The first-order valence-corrected chi connectivity index (χ1v) is 10.6. The molecule has 0 saturated carbocycles. The highest BCUT2D eigenvalue weighted by atomic mass is 127. The third kappa shape index (κ3) is 6.88. The van der Waals surface area contributed by atoms with Gasteiger partial charge in [0.15, 0.2) is 5.96 Å². The van der Waals surface area contributed by atoms with E-state index in [1.54, 1.807) is 0 Å². The lowest BCUT2D eigenvalue weighted by atomic mass is 9.90. The number of rotatable bonds is 5. The van der Waals surface area contributed by atoms with Crippen LogP contribution in [0.25, 0.3) is 0 Å². The molecule has 2 heterocycles. The van der Waals surface area contributed by atoms with E-state index in [-0.39, 0.29) is 24.0 Å². The van der Waals surface area contributed by atoms with Crippen molar-refractivity contribution < 1.29 is 0 Å². The van der Waals surface area contributed by atoms with E-state index in [9.17, 15) is 0 Å². The molecule has 0 amide bonds. The Morgan fingerprint density at radius 2 is 1.71 bits per heavy atom. The average Bonchev–Trinajstić information content (AvgIpc) is 2.71. The molecule has 2 aliphatic heterocycles. The summed E-state index contributed by atoms with van der Waals surface area (Å²) >= 11 is 0. The summed E-state index contributed by atoms with van der Waals surface area (Å²) in [5.74, 6) is 1.88. The van der Waals surface area contributed by atoms with Crippen LogP contribution < -0.4 is 5.32 Å². The van der Waals surface area contributed by atoms with Crippen LogP contribution in [-0.4, -0.2) is 86.6 Å². The molecule has 2 aliphatic rings. The number of aliphatic imine (C=N–C) groups is 1. The van der Waals surface area contributed by atoms with Gasteiger partial charge in [-0.2, -0.15) is 0 Å². The standard InChI is InChI=1S/C22H37N5.HI/c1-19(26-15-13-25(3)14-16-26)18-24-22(23-2)27-11-9-21(10-12-27)17-20-7-5-4-6-8-20;/h4-8,19,21H,9-18H2,1-3H3,(H,23,24);1H. The summed E-state index contributed by atoms with van der Waals surface area (Å²) in [6, 6.07) is 11.5. The van der Waals surface area contributed by atoms with Crippen molar-refractivity contribution in [3.8, 4) is 0 Å². The summed E-state index contributed by atoms with van der Waals surface area (Å²) in [7, 11) is 4.13. The molecule has 6 heteroatoms. The summed E-state index contributed by atoms with van der Waals surface area (Å²) < 4.78 is 0. The fourth-order valence-electron chi connectivity index (χ4n) is 4.26. The van der Waals surface area contributed by atoms with Crippen molar-refractivity contribution in [1.82, 2.24) is 20.0 Å². The van der Waals surface area contributed by atoms with Crippen LogP contribution in [0, 0.1) is 5.92 Å². The third-order valence-electron chi connectivity index (χ3n) is 6.21. The zero-order valence-electron chi connectivity index (χ0n) is 17.8. The fourth-order valence-corrected chi connectivity index (χ4v) is 4.26. The molecule has 1 aromatic rings. The number of halogens is 1. The predicted molar refractivity (Wildman–Crippen MR) is 130 cm³/mol. The lowest BCUT2D eigenvalue weighted by molar-refractivity contribution is 0.119. The van der Waals surface area contributed by atoms with E-state index in [2.05, 4.69) is 69.3 Å². The smallest absolute Gasteiger partial charge is 0.193 e. The van der Waals surface area contributed by atoms with Gasteiger partial charge in [0.05, 0.1) is 0 Å². The summed E-state index contributed by atoms with van der Waals surface area (Å²) in [5.41, 5.74) is 1.47. The van der Waals surface area contributed by atoms with Crippen molar-refractivity contribution in [3.05, 3.63) is 35.9 Å². The number of piperidine rings is 1. The summed E-state index contributed by atoms with van der Waals surface area (Å²) in [4.78, 5) is 12.0. The van der Waals surface area contributed by atoms with Crippen LogP contribution in [0.2, 0.25) is 0 Å². The Morgan fingerprint density at radius 1 is 1.07 bits per heavy atom. The summed E-state index contributed by atoms with van der Waals surface area (Å²) in [6.07, 6.45) is 3.72. The number of likely N-dealkylation sites (N-methyl/N-ethyl adjacent to an activating group) is 1. The quantitative estimate of drug-likeness (QED) is 0.384. The molecule has 3 rings (SSSR count). The van der Waals surface area contributed by atoms with Gasteiger partial charge in [-0.1, -0.05) is 30.3 Å². The van der Waals surface area contributed by atoms with Crippen LogP contribution >= 0.6 is 24.0 Å². The van der Waals surface area contributed by atoms with Gasteiger partial charge in [-0.3, -0.25) is 9.89 Å². The highest BCUT2D eigenvalue weighted by Gasteiger charge is 2.23. The highest BCUT2D eigenvalue weighted by Crippen LogP contribution is 2.21. The molecule has 158 valence electrons. The van der Waals surface area contributed by atoms with Gasteiger partial charge in [-0.25, -0.2) is 0 Å². The predicted octanol–water partition coefficient (Wildman–Crippen LogP) is 2.77. The lowest BCUT2D eigenvalue weighted by Crippen LogP contribution is -2.53. The molecule has 0 spiro atoms. The van der Waals surface area contributed by atoms with Gasteiger partial charge in [0.2, 0.25) is 0 Å². The molecule has 2 fully saturated rings. The van der Waals surface area contributed by atoms with Gasteiger partial charge in [0, 0.05) is 58.9 Å². The Hall–Kier alpha value is -0.860. The van der Waals surface area contributed by atoms with Crippen molar-refractivity contribution in [2.24, 2.45) is 10.9 Å². The number of nitrogens with zero attached hydrogens (tertiary/aromatic N) is 4. The van der Waals surface area contributed by atoms with E-state index in [0.717, 1.165) is 31.5 Å². The van der Waals surface area contributed by atoms with Crippen LogP contribution in [0.4, 0.5) is 0 Å². The van der Waals surface area contributed by atoms with Crippen molar-refractivity contribution in [2.75, 3.05) is 59.9 Å². The molecule has 0 aliphatic carbocycles. The number of hydrogen-bond donors (Lipinski definition) is 1. The minimum atomic E-state index is 0. The second kappa shape index (κ2) is 12.0.